The van der Waals surface area contributed by atoms with Crippen LogP contribution in [0.3, 0.4) is 0 Å². The summed E-state index contributed by atoms with van der Waals surface area (Å²) >= 11 is 7.09. The summed E-state index contributed by atoms with van der Waals surface area (Å²) < 4.78 is 0.0874. The first kappa shape index (κ1) is 24.9. The van der Waals surface area contributed by atoms with E-state index in [9.17, 15) is 0 Å². The third-order valence-electron chi connectivity index (χ3n) is 5.89. The van der Waals surface area contributed by atoms with Crippen LogP contribution >= 0.6 is 31.0 Å². The van der Waals surface area contributed by atoms with E-state index in [-0.39, 0.29) is 14.2 Å². The van der Waals surface area contributed by atoms with Gasteiger partial charge in [0.05, 0.1) is 0 Å². The van der Waals surface area contributed by atoms with Crippen LogP contribution in [0.25, 0.3) is 0 Å². The molecule has 2 aromatic carbocycles. The summed E-state index contributed by atoms with van der Waals surface area (Å²) in [6, 6.07) is 19.5. The summed E-state index contributed by atoms with van der Waals surface area (Å²) in [5.41, 5.74) is 1.33. The Kier molecular flexibility index (Phi) is 7.08. The lowest BCUT2D eigenvalue weighted by molar-refractivity contribution is 0.625. The van der Waals surface area contributed by atoms with E-state index in [1.807, 2.05) is 6.07 Å². The van der Waals surface area contributed by atoms with Crippen molar-refractivity contribution in [3.05, 3.63) is 60.2 Å². The first-order valence-corrected chi connectivity index (χ1v) is 16.4. The molecule has 0 bridgehead atoms. The van der Waals surface area contributed by atoms with Gasteiger partial charge in [0.1, 0.15) is 0 Å². The van der Waals surface area contributed by atoms with Crippen molar-refractivity contribution in [1.82, 2.24) is 0 Å². The minimum Gasteiger partial charge on any atom is -0.155 e. The second kappa shape index (κ2) is 8.26. The van der Waals surface area contributed by atoms with Gasteiger partial charge >= 0.3 is 0 Å². The second-order valence-electron chi connectivity index (χ2n) is 10.8. The smallest absolute Gasteiger partial charge is 0.155 e. The third kappa shape index (κ3) is 4.76. The van der Waals surface area contributed by atoms with Gasteiger partial charge in [0, 0.05) is 14.2 Å². The molecule has 0 amide bonds. The molecule has 0 aliphatic carbocycles. The fourth-order valence-electron chi connectivity index (χ4n) is 5.02. The number of halogens is 2. The van der Waals surface area contributed by atoms with E-state index >= 15 is 0 Å². The summed E-state index contributed by atoms with van der Waals surface area (Å²) in [5.74, 6) is 0. The topological polar surface area (TPSA) is 0 Å². The van der Waals surface area contributed by atoms with Gasteiger partial charge in [0.2, 0.25) is 7.38 Å². The van der Waals surface area contributed by atoms with Gasteiger partial charge in [0.25, 0.3) is 0 Å². The Morgan fingerprint density at radius 3 is 1.55 bits per heavy atom. The molecular weight excluding hydrogens is 431 g/mol. The first-order chi connectivity index (χ1) is 13.0. The van der Waals surface area contributed by atoms with Crippen LogP contribution in [0, 0.1) is 0 Å². The van der Waals surface area contributed by atoms with Gasteiger partial charge in [-0.1, -0.05) is 121 Å². The molecule has 0 spiro atoms. The molecule has 2 rings (SSSR count). The highest BCUT2D eigenvalue weighted by molar-refractivity contribution is 8.53. The quantitative estimate of drug-likeness (QED) is 0.314. The van der Waals surface area contributed by atoms with Crippen molar-refractivity contribution in [2.24, 2.45) is 0 Å². The zero-order valence-corrected chi connectivity index (χ0v) is 22.9. The highest BCUT2D eigenvalue weighted by atomic mass is 35.7. The largest absolute Gasteiger partial charge is 0.214 e. The van der Waals surface area contributed by atoms with Crippen LogP contribution in [-0.2, 0) is 6.42 Å². The van der Waals surface area contributed by atoms with Gasteiger partial charge in [-0.3, -0.25) is 0 Å². The molecule has 0 aliphatic rings. The normalized spacial score (nSPS) is 16.4. The molecule has 162 valence electrons. The summed E-state index contributed by atoms with van der Waals surface area (Å²) in [7, 11) is 3.93. The molecule has 4 heteroatoms. The first-order valence-electron chi connectivity index (χ1n) is 10.4. The van der Waals surface area contributed by atoms with Crippen molar-refractivity contribution in [2.45, 2.75) is 82.6 Å². The maximum absolute atomic E-state index is 7.59. The lowest BCUT2D eigenvalue weighted by Gasteiger charge is -2.62. The molecule has 2 aromatic rings. The van der Waals surface area contributed by atoms with Crippen molar-refractivity contribution in [3.8, 4) is 0 Å². The van der Waals surface area contributed by atoms with Crippen molar-refractivity contribution in [1.29, 1.82) is 0 Å². The Bertz CT molecular complexity index is 799. The van der Waals surface area contributed by atoms with E-state index in [2.05, 4.69) is 110 Å². The van der Waals surface area contributed by atoms with Gasteiger partial charge < -0.3 is 0 Å². The number of hydrogen-bond acceptors (Lipinski definition) is 0. The van der Waals surface area contributed by atoms with Gasteiger partial charge in [-0.15, -0.1) is 9.24 Å². The van der Waals surface area contributed by atoms with E-state index in [0.717, 1.165) is 6.42 Å². The van der Waals surface area contributed by atoms with Crippen LogP contribution < -0.4 is 10.4 Å². The fraction of sp³-hybridized carbons (Fsp3) is 0.520. The zero-order valence-electron chi connectivity index (χ0n) is 19.6. The lowest BCUT2D eigenvalue weighted by Crippen LogP contribution is -2.50. The minimum absolute atomic E-state index is 0.00625. The SMILES string of the molecule is CC(C)(C)S(Cl)(C(C)(C)C)C(C)(C)Cc1ccc([Si](C)(Cl)c2ccccc2)cc1. The molecular formula is C25H38Cl2SSi. The molecule has 0 aromatic heterocycles. The standard InChI is InChI=1S/C25H38Cl2SSi/c1-23(2,3)28(26,24(4,5)6)25(7,8)19-20-15-17-22(18-16-20)29(9,27)21-13-11-10-12-14-21/h10-18H,19H2,1-9H3. The number of rotatable bonds is 5. The van der Waals surface area contributed by atoms with Gasteiger partial charge in [-0.05, 0) is 28.9 Å². The zero-order chi connectivity index (χ0) is 22.3. The molecule has 1 unspecified atom stereocenters. The summed E-state index contributed by atoms with van der Waals surface area (Å²) in [6.07, 6.45) is 0.965. The third-order valence-corrected chi connectivity index (χ3v) is 19.1. The van der Waals surface area contributed by atoms with Crippen molar-refractivity contribution in [2.75, 3.05) is 0 Å². The number of hydrogen-bond donors (Lipinski definition) is 0. The fourth-order valence-corrected chi connectivity index (χ4v) is 13.4. The average Bonchev–Trinajstić information content (AvgIpc) is 2.60. The summed E-state index contributed by atoms with van der Waals surface area (Å²) in [4.78, 5) is 0. The van der Waals surface area contributed by atoms with E-state index in [1.54, 1.807) is 0 Å². The molecule has 29 heavy (non-hydrogen) atoms. The highest BCUT2D eigenvalue weighted by Gasteiger charge is 2.53. The highest BCUT2D eigenvalue weighted by Crippen LogP contribution is 2.78. The molecule has 0 aliphatic heterocycles. The predicted octanol–water partition coefficient (Wildman–Crippen LogP) is 7.49. The van der Waals surface area contributed by atoms with Crippen LogP contribution in [0.15, 0.2) is 54.6 Å². The second-order valence-corrected chi connectivity index (χ2v) is 22.2. The Labute approximate surface area is 190 Å². The maximum Gasteiger partial charge on any atom is 0.214 e. The molecule has 0 radical (unpaired) electrons. The molecule has 0 nitrogen and oxygen atoms in total. The summed E-state index contributed by atoms with van der Waals surface area (Å²) in [6.45, 7) is 20.7. The van der Waals surface area contributed by atoms with Crippen LogP contribution in [-0.4, -0.2) is 21.6 Å². The van der Waals surface area contributed by atoms with E-state index in [4.69, 9.17) is 21.8 Å². The molecule has 0 saturated carbocycles. The van der Waals surface area contributed by atoms with Crippen LogP contribution in [0.4, 0.5) is 0 Å². The Balaban J connectivity index is 2.35. The predicted molar refractivity (Wildman–Crippen MR) is 140 cm³/mol. The van der Waals surface area contributed by atoms with E-state index in [1.165, 1.54) is 15.9 Å². The molecule has 0 saturated heterocycles. The maximum atomic E-state index is 7.59. The van der Waals surface area contributed by atoms with Gasteiger partial charge in [0.15, 0.2) is 0 Å². The van der Waals surface area contributed by atoms with Crippen molar-refractivity contribution >= 4 is 48.8 Å². The lowest BCUT2D eigenvalue weighted by atomic mass is 10.0. The minimum atomic E-state index is -2.18. The summed E-state index contributed by atoms with van der Waals surface area (Å²) in [5, 5.41) is 2.50. The van der Waals surface area contributed by atoms with Crippen LogP contribution in [0.5, 0.6) is 0 Å². The van der Waals surface area contributed by atoms with Crippen molar-refractivity contribution in [3.63, 3.8) is 0 Å². The monoisotopic (exact) mass is 468 g/mol. The number of benzene rings is 2. The van der Waals surface area contributed by atoms with E-state index < -0.39 is 16.6 Å². The van der Waals surface area contributed by atoms with Crippen molar-refractivity contribution < 1.29 is 0 Å². The average molecular weight is 470 g/mol. The molecule has 0 heterocycles. The van der Waals surface area contributed by atoms with E-state index in [0.29, 0.717) is 0 Å². The Morgan fingerprint density at radius 2 is 1.14 bits per heavy atom. The van der Waals surface area contributed by atoms with Crippen LogP contribution in [0.2, 0.25) is 6.55 Å². The molecule has 1 atom stereocenters. The Morgan fingerprint density at radius 1 is 0.724 bits per heavy atom. The molecule has 0 N–H and O–H groups in total. The Hall–Kier alpha value is -0.413. The molecule has 0 fully saturated rings. The van der Waals surface area contributed by atoms with Crippen LogP contribution in [0.1, 0.15) is 61.0 Å². The van der Waals surface area contributed by atoms with Gasteiger partial charge in [-0.2, -0.15) is 11.1 Å². The van der Waals surface area contributed by atoms with Gasteiger partial charge in [-0.25, -0.2) is 0 Å².